The third-order valence-corrected chi connectivity index (χ3v) is 13.2. The highest BCUT2D eigenvalue weighted by Crippen LogP contribution is 2.80. The van der Waals surface area contributed by atoms with Crippen LogP contribution in [0, 0.1) is 0 Å². The second-order valence-corrected chi connectivity index (χ2v) is 15.1. The topological polar surface area (TPSA) is 38.7 Å². The number of rotatable bonds is 6. The van der Waals surface area contributed by atoms with Gasteiger partial charge < -0.3 is 0 Å². The zero-order chi connectivity index (χ0) is 32.6. The van der Waals surface area contributed by atoms with E-state index in [1.807, 2.05) is 60.7 Å². The molecule has 4 heteroatoms. The maximum absolute atomic E-state index is 4.94. The standard InChI is InChI=1S/C45H31N3S/c1-5-15-33(16-6-1)43-46-44(34-17-7-2-8-18-34)48-45(47-43)35-27-25-32(26-28-35)36-29-30-40-39-23-13-14-24-41(39)49(42(40)31-36,37-19-9-3-10-20-37)38-21-11-4-12-22-38/h1-31H. The molecule has 0 spiro atoms. The third kappa shape index (κ3) is 4.97. The lowest BCUT2D eigenvalue weighted by Crippen LogP contribution is -2.01. The number of fused-ring (bicyclic) bond motifs is 3. The van der Waals surface area contributed by atoms with Gasteiger partial charge in [0.1, 0.15) is 0 Å². The molecule has 0 radical (unpaired) electrons. The van der Waals surface area contributed by atoms with Crippen molar-refractivity contribution in [2.45, 2.75) is 19.6 Å². The number of benzene rings is 7. The fraction of sp³-hybridized carbons (Fsp3) is 0. The molecule has 0 bridgehead atoms. The molecular formula is C45H31N3S. The molecule has 49 heavy (non-hydrogen) atoms. The molecule has 0 atom stereocenters. The average Bonchev–Trinajstić information content (AvgIpc) is 3.49. The van der Waals surface area contributed by atoms with E-state index in [-0.39, 0.29) is 0 Å². The molecule has 0 N–H and O–H groups in total. The van der Waals surface area contributed by atoms with Crippen LogP contribution in [-0.2, 0) is 0 Å². The molecular weight excluding hydrogens is 615 g/mol. The first-order valence-corrected chi connectivity index (χ1v) is 18.1. The Balaban J connectivity index is 1.17. The monoisotopic (exact) mass is 645 g/mol. The summed E-state index contributed by atoms with van der Waals surface area (Å²) in [4.78, 5) is 20.2. The predicted molar refractivity (Wildman–Crippen MR) is 201 cm³/mol. The van der Waals surface area contributed by atoms with Crippen molar-refractivity contribution in [1.82, 2.24) is 15.0 Å². The Bertz CT molecular complexity index is 2310. The molecule has 0 unspecified atom stereocenters. The first-order chi connectivity index (χ1) is 24.3. The number of hydrogen-bond acceptors (Lipinski definition) is 3. The zero-order valence-electron chi connectivity index (χ0n) is 26.6. The third-order valence-electron chi connectivity index (χ3n) is 9.19. The molecule has 0 saturated heterocycles. The molecule has 0 saturated carbocycles. The van der Waals surface area contributed by atoms with Crippen molar-refractivity contribution in [3.63, 3.8) is 0 Å². The van der Waals surface area contributed by atoms with E-state index in [1.165, 1.54) is 36.3 Å². The Kier molecular flexibility index (Phi) is 7.22. The highest BCUT2D eigenvalue weighted by molar-refractivity contribution is 8.34. The van der Waals surface area contributed by atoms with Crippen molar-refractivity contribution in [2.75, 3.05) is 0 Å². The van der Waals surface area contributed by atoms with Crippen molar-refractivity contribution in [3.05, 3.63) is 188 Å². The van der Waals surface area contributed by atoms with Crippen LogP contribution in [-0.4, -0.2) is 15.0 Å². The minimum atomic E-state index is -1.71. The minimum Gasteiger partial charge on any atom is -0.208 e. The maximum atomic E-state index is 4.94. The summed E-state index contributed by atoms with van der Waals surface area (Å²) in [6, 6.07) is 66.9. The van der Waals surface area contributed by atoms with Crippen molar-refractivity contribution in [1.29, 1.82) is 0 Å². The highest BCUT2D eigenvalue weighted by atomic mass is 32.3. The SMILES string of the molecule is c1ccc(-c2nc(-c3ccccc3)nc(-c3ccc(-c4ccc5c(c4)S(c4ccccc4)(c4ccccc4)c4ccccc4-5)cc3)n2)cc1. The van der Waals surface area contributed by atoms with E-state index < -0.39 is 10.0 Å². The van der Waals surface area contributed by atoms with Gasteiger partial charge in [0.25, 0.3) is 0 Å². The van der Waals surface area contributed by atoms with Crippen LogP contribution in [0.15, 0.2) is 208 Å². The summed E-state index contributed by atoms with van der Waals surface area (Å²) in [5, 5.41) is 0. The second kappa shape index (κ2) is 12.2. The lowest BCUT2D eigenvalue weighted by atomic mass is 9.99. The van der Waals surface area contributed by atoms with Crippen molar-refractivity contribution < 1.29 is 0 Å². The van der Waals surface area contributed by atoms with Crippen LogP contribution >= 0.6 is 10.0 Å². The summed E-state index contributed by atoms with van der Waals surface area (Å²) in [5.41, 5.74) is 7.84. The molecule has 8 aromatic rings. The van der Waals surface area contributed by atoms with Crippen LogP contribution in [0.4, 0.5) is 0 Å². The van der Waals surface area contributed by atoms with Gasteiger partial charge in [0.15, 0.2) is 17.5 Å². The van der Waals surface area contributed by atoms with Gasteiger partial charge in [-0.2, -0.15) is 0 Å². The minimum absolute atomic E-state index is 0.653. The van der Waals surface area contributed by atoms with Crippen molar-refractivity contribution in [2.24, 2.45) is 0 Å². The lowest BCUT2D eigenvalue weighted by molar-refractivity contribution is 1.07. The van der Waals surface area contributed by atoms with Gasteiger partial charge in [0, 0.05) is 36.3 Å². The van der Waals surface area contributed by atoms with Crippen LogP contribution in [0.5, 0.6) is 0 Å². The van der Waals surface area contributed by atoms with E-state index in [2.05, 4.69) is 127 Å². The molecule has 7 aromatic carbocycles. The lowest BCUT2D eigenvalue weighted by Gasteiger charge is -2.39. The van der Waals surface area contributed by atoms with Crippen LogP contribution < -0.4 is 0 Å². The molecule has 232 valence electrons. The van der Waals surface area contributed by atoms with E-state index in [9.17, 15) is 0 Å². The van der Waals surface area contributed by atoms with Gasteiger partial charge in [0.2, 0.25) is 0 Å². The molecule has 3 nitrogen and oxygen atoms in total. The Labute approximate surface area is 288 Å². The number of nitrogens with zero attached hydrogens (tertiary/aromatic N) is 3. The summed E-state index contributed by atoms with van der Waals surface area (Å²) in [6.07, 6.45) is 0. The Morgan fingerprint density at radius 2 is 0.673 bits per heavy atom. The van der Waals surface area contributed by atoms with E-state index in [4.69, 9.17) is 15.0 Å². The molecule has 0 aliphatic carbocycles. The van der Waals surface area contributed by atoms with Crippen molar-refractivity contribution in [3.8, 4) is 56.4 Å². The van der Waals surface area contributed by atoms with E-state index >= 15 is 0 Å². The van der Waals surface area contributed by atoms with Crippen LogP contribution in [0.1, 0.15) is 0 Å². The van der Waals surface area contributed by atoms with Gasteiger partial charge in [0.05, 0.1) is 0 Å². The first-order valence-electron chi connectivity index (χ1n) is 16.4. The molecule has 1 aliphatic heterocycles. The van der Waals surface area contributed by atoms with E-state index in [0.29, 0.717) is 17.5 Å². The maximum Gasteiger partial charge on any atom is 0.164 e. The summed E-state index contributed by atoms with van der Waals surface area (Å²) in [5.74, 6) is 1.97. The quantitative estimate of drug-likeness (QED) is 0.181. The Hall–Kier alpha value is -6.10. The molecule has 2 heterocycles. The predicted octanol–water partition coefficient (Wildman–Crippen LogP) is 11.9. The van der Waals surface area contributed by atoms with Crippen molar-refractivity contribution >= 4 is 10.0 Å². The Morgan fingerprint density at radius 3 is 1.20 bits per heavy atom. The van der Waals surface area contributed by atoms with Gasteiger partial charge >= 0.3 is 0 Å². The van der Waals surface area contributed by atoms with Gasteiger partial charge in [-0.05, 0) is 58.7 Å². The molecule has 0 fully saturated rings. The van der Waals surface area contributed by atoms with Gasteiger partial charge in [-0.15, -0.1) is 10.0 Å². The van der Waals surface area contributed by atoms with Crippen LogP contribution in [0.25, 0.3) is 56.4 Å². The largest absolute Gasteiger partial charge is 0.208 e. The number of aromatic nitrogens is 3. The molecule has 1 aliphatic rings. The molecule has 9 rings (SSSR count). The smallest absolute Gasteiger partial charge is 0.164 e. The van der Waals surface area contributed by atoms with Crippen LogP contribution in [0.2, 0.25) is 0 Å². The summed E-state index contributed by atoms with van der Waals surface area (Å²) in [6.45, 7) is 0. The number of hydrogen-bond donors (Lipinski definition) is 0. The molecule has 1 aromatic heterocycles. The van der Waals surface area contributed by atoms with E-state index in [0.717, 1.165) is 22.3 Å². The van der Waals surface area contributed by atoms with Gasteiger partial charge in [-0.1, -0.05) is 152 Å². The molecule has 0 amide bonds. The van der Waals surface area contributed by atoms with Crippen LogP contribution in [0.3, 0.4) is 0 Å². The second-order valence-electron chi connectivity index (χ2n) is 12.1. The van der Waals surface area contributed by atoms with Gasteiger partial charge in [-0.25, -0.2) is 15.0 Å². The summed E-state index contributed by atoms with van der Waals surface area (Å²) < 4.78 is 0. The summed E-state index contributed by atoms with van der Waals surface area (Å²) >= 11 is 0. The fourth-order valence-electron chi connectivity index (χ4n) is 6.89. The summed E-state index contributed by atoms with van der Waals surface area (Å²) in [7, 11) is -1.71. The highest BCUT2D eigenvalue weighted by Gasteiger charge is 2.41. The normalized spacial score (nSPS) is 13.3. The first kappa shape index (κ1) is 29.1. The Morgan fingerprint density at radius 1 is 0.286 bits per heavy atom. The average molecular weight is 646 g/mol. The zero-order valence-corrected chi connectivity index (χ0v) is 27.5. The van der Waals surface area contributed by atoms with Gasteiger partial charge in [-0.3, -0.25) is 0 Å². The fourth-order valence-corrected chi connectivity index (χ4v) is 11.2. The van der Waals surface area contributed by atoms with E-state index in [1.54, 1.807) is 0 Å².